The highest BCUT2D eigenvalue weighted by atomic mass is 79.9. The lowest BCUT2D eigenvalue weighted by molar-refractivity contribution is -0.390. The van der Waals surface area contributed by atoms with E-state index in [1.54, 1.807) is 31.6 Å². The van der Waals surface area contributed by atoms with Crippen LogP contribution in [0, 0.1) is 15.9 Å². The van der Waals surface area contributed by atoms with Gasteiger partial charge in [-0.1, -0.05) is 0 Å². The van der Waals surface area contributed by atoms with Crippen LogP contribution in [-0.2, 0) is 13.1 Å². The summed E-state index contributed by atoms with van der Waals surface area (Å²) >= 11 is 6.69. The number of halogens is 4. The zero-order valence-corrected chi connectivity index (χ0v) is 21.4. The average Bonchev–Trinajstić information content (AvgIpc) is 3.41. The summed E-state index contributed by atoms with van der Waals surface area (Å²) in [5, 5.41) is 15.6. The van der Waals surface area contributed by atoms with Crippen LogP contribution in [0.4, 0.5) is 14.6 Å². The third kappa shape index (κ3) is 5.40. The van der Waals surface area contributed by atoms with Crippen molar-refractivity contribution in [3.63, 3.8) is 0 Å². The van der Waals surface area contributed by atoms with E-state index in [4.69, 9.17) is 4.74 Å². The summed E-state index contributed by atoms with van der Waals surface area (Å²) in [7, 11) is 0. The molecule has 0 amide bonds. The van der Waals surface area contributed by atoms with Crippen molar-refractivity contribution < 1.29 is 18.4 Å². The SMILES string of the molecule is CC(Oc1cc(Br)cnc1[N+](=O)[O-])c1cc(F)ccc1-c1nccn1Cc1cnn(CCF)c1Br. The van der Waals surface area contributed by atoms with Crippen LogP contribution in [0.15, 0.2) is 58.1 Å². The van der Waals surface area contributed by atoms with Gasteiger partial charge in [-0.25, -0.2) is 13.8 Å². The maximum atomic E-state index is 14.3. The van der Waals surface area contributed by atoms with Crippen LogP contribution < -0.4 is 4.74 Å². The Morgan fingerprint density at radius 2 is 2.03 bits per heavy atom. The Morgan fingerprint density at radius 1 is 1.23 bits per heavy atom. The molecule has 1 atom stereocenters. The topological polar surface area (TPSA) is 101 Å². The molecule has 0 saturated heterocycles. The third-order valence-corrected chi connectivity index (χ3v) is 6.52. The predicted octanol–water partition coefficient (Wildman–Crippen LogP) is 5.87. The normalized spacial score (nSPS) is 12.0. The van der Waals surface area contributed by atoms with Crippen molar-refractivity contribution in [2.24, 2.45) is 0 Å². The second kappa shape index (κ2) is 10.6. The number of pyridine rings is 1. The standard InChI is InChI=1S/C22H18Br2F2N6O3/c1-13(35-19-8-15(23)11-28-22(19)32(33)34)18-9-16(26)2-3-17(18)21-27-5-7-30(21)12-14-10-29-31(6-4-25)20(14)24/h2-3,5,7-11,13H,4,6,12H2,1H3. The molecule has 0 bridgehead atoms. The molecule has 4 aromatic rings. The molecule has 35 heavy (non-hydrogen) atoms. The van der Waals surface area contributed by atoms with Crippen LogP contribution in [-0.4, -0.2) is 35.9 Å². The molecule has 0 fully saturated rings. The first-order valence-electron chi connectivity index (χ1n) is 10.3. The number of alkyl halides is 1. The van der Waals surface area contributed by atoms with E-state index in [-0.39, 0.29) is 12.3 Å². The van der Waals surface area contributed by atoms with Crippen molar-refractivity contribution in [1.82, 2.24) is 24.3 Å². The summed E-state index contributed by atoms with van der Waals surface area (Å²) < 4.78 is 37.4. The molecule has 0 saturated carbocycles. The van der Waals surface area contributed by atoms with E-state index in [9.17, 15) is 18.9 Å². The number of nitrogens with zero attached hydrogens (tertiary/aromatic N) is 6. The molecule has 182 valence electrons. The first kappa shape index (κ1) is 24.9. The highest BCUT2D eigenvalue weighted by Crippen LogP contribution is 2.35. The summed E-state index contributed by atoms with van der Waals surface area (Å²) in [6.45, 7) is 1.62. The minimum atomic E-state index is -0.778. The van der Waals surface area contributed by atoms with Gasteiger partial charge >= 0.3 is 5.82 Å². The fourth-order valence-electron chi connectivity index (χ4n) is 3.58. The van der Waals surface area contributed by atoms with Gasteiger partial charge in [0.25, 0.3) is 0 Å². The molecule has 0 aliphatic carbocycles. The molecule has 0 N–H and O–H groups in total. The lowest BCUT2D eigenvalue weighted by Gasteiger charge is -2.19. The van der Waals surface area contributed by atoms with Crippen molar-refractivity contribution in [1.29, 1.82) is 0 Å². The van der Waals surface area contributed by atoms with E-state index in [1.165, 1.54) is 29.1 Å². The Hall–Kier alpha value is -3.19. The van der Waals surface area contributed by atoms with Gasteiger partial charge in [0.05, 0.1) is 23.8 Å². The van der Waals surface area contributed by atoms with Gasteiger partial charge in [0.2, 0.25) is 5.75 Å². The summed E-state index contributed by atoms with van der Waals surface area (Å²) in [4.78, 5) is 19.0. The van der Waals surface area contributed by atoms with Gasteiger partial charge in [-0.3, -0.25) is 4.68 Å². The number of hydrogen-bond donors (Lipinski definition) is 0. The minimum absolute atomic E-state index is 0.0559. The number of hydrogen-bond acceptors (Lipinski definition) is 6. The predicted molar refractivity (Wildman–Crippen MR) is 130 cm³/mol. The van der Waals surface area contributed by atoms with E-state index in [0.29, 0.717) is 32.6 Å². The second-order valence-electron chi connectivity index (χ2n) is 7.48. The van der Waals surface area contributed by atoms with Crippen LogP contribution in [0.3, 0.4) is 0 Å². The van der Waals surface area contributed by atoms with Crippen LogP contribution in [0.1, 0.15) is 24.2 Å². The summed E-state index contributed by atoms with van der Waals surface area (Å²) in [5.41, 5.74) is 1.84. The highest BCUT2D eigenvalue weighted by molar-refractivity contribution is 9.10. The van der Waals surface area contributed by atoms with E-state index in [2.05, 4.69) is 46.9 Å². The van der Waals surface area contributed by atoms with E-state index in [0.717, 1.165) is 5.56 Å². The summed E-state index contributed by atoms with van der Waals surface area (Å²) in [6.07, 6.45) is 5.53. The molecule has 13 heteroatoms. The molecule has 1 unspecified atom stereocenters. The highest BCUT2D eigenvalue weighted by Gasteiger charge is 2.24. The Morgan fingerprint density at radius 3 is 2.77 bits per heavy atom. The Bertz CT molecular complexity index is 1380. The van der Waals surface area contributed by atoms with Gasteiger partial charge in [0.1, 0.15) is 29.0 Å². The molecular weight excluding hydrogens is 594 g/mol. The molecule has 0 radical (unpaired) electrons. The van der Waals surface area contributed by atoms with E-state index in [1.807, 2.05) is 4.57 Å². The minimum Gasteiger partial charge on any atom is -0.478 e. The van der Waals surface area contributed by atoms with Crippen LogP contribution in [0.5, 0.6) is 5.75 Å². The van der Waals surface area contributed by atoms with Gasteiger partial charge in [0, 0.05) is 35.2 Å². The number of imidazole rings is 1. The van der Waals surface area contributed by atoms with E-state index >= 15 is 0 Å². The number of ether oxygens (including phenoxy) is 1. The molecule has 9 nitrogen and oxygen atoms in total. The van der Waals surface area contributed by atoms with Crippen molar-refractivity contribution in [3.05, 3.63) is 85.2 Å². The molecule has 0 aliphatic rings. The van der Waals surface area contributed by atoms with Gasteiger partial charge in [-0.05, 0) is 66.9 Å². The number of benzene rings is 1. The monoisotopic (exact) mass is 610 g/mol. The van der Waals surface area contributed by atoms with Crippen molar-refractivity contribution >= 4 is 37.7 Å². The summed E-state index contributed by atoms with van der Waals surface area (Å²) in [6, 6.07) is 5.64. The number of rotatable bonds is 9. The Balaban J connectivity index is 1.69. The van der Waals surface area contributed by atoms with Crippen LogP contribution >= 0.6 is 31.9 Å². The largest absolute Gasteiger partial charge is 0.478 e. The smallest absolute Gasteiger partial charge is 0.406 e. The van der Waals surface area contributed by atoms with Crippen LogP contribution in [0.25, 0.3) is 11.4 Å². The number of nitro groups is 1. The van der Waals surface area contributed by atoms with Crippen molar-refractivity contribution in [3.8, 4) is 17.1 Å². The molecule has 3 aromatic heterocycles. The molecule has 0 aliphatic heterocycles. The van der Waals surface area contributed by atoms with Crippen molar-refractivity contribution in [2.45, 2.75) is 26.1 Å². The fourth-order valence-corrected chi connectivity index (χ4v) is 4.39. The maximum absolute atomic E-state index is 14.3. The average molecular weight is 612 g/mol. The molecule has 1 aromatic carbocycles. The molecule has 3 heterocycles. The fraction of sp³-hybridized carbons (Fsp3) is 0.227. The third-order valence-electron chi connectivity index (χ3n) is 5.17. The molecule has 0 spiro atoms. The van der Waals surface area contributed by atoms with Crippen molar-refractivity contribution in [2.75, 3.05) is 6.67 Å². The van der Waals surface area contributed by atoms with E-state index < -0.39 is 29.3 Å². The van der Waals surface area contributed by atoms with Gasteiger partial charge in [-0.2, -0.15) is 5.10 Å². The maximum Gasteiger partial charge on any atom is 0.406 e. The first-order chi connectivity index (χ1) is 16.8. The number of aromatic nitrogens is 5. The lowest BCUT2D eigenvalue weighted by Crippen LogP contribution is -2.10. The van der Waals surface area contributed by atoms with Gasteiger partial charge < -0.3 is 19.4 Å². The van der Waals surface area contributed by atoms with Gasteiger partial charge in [0.15, 0.2) is 6.20 Å². The first-order valence-corrected chi connectivity index (χ1v) is 11.9. The zero-order valence-electron chi connectivity index (χ0n) is 18.2. The molecule has 4 rings (SSSR count). The quantitative estimate of drug-likeness (QED) is 0.173. The second-order valence-corrected chi connectivity index (χ2v) is 9.14. The zero-order chi connectivity index (χ0) is 25.1. The van der Waals surface area contributed by atoms with Crippen LogP contribution in [0.2, 0.25) is 0 Å². The summed E-state index contributed by atoms with van der Waals surface area (Å²) in [5.74, 6) is -0.467. The van der Waals surface area contributed by atoms with Gasteiger partial charge in [-0.15, -0.1) is 0 Å². The number of aryl methyl sites for hydroxylation is 1. The molecular formula is C22H18Br2F2N6O3. The Kier molecular flexibility index (Phi) is 7.55. The Labute approximate surface area is 215 Å². The lowest BCUT2D eigenvalue weighted by atomic mass is 10.0.